The third-order valence-electron chi connectivity index (χ3n) is 8.52. The Hall–Kier alpha value is -3.49. The Morgan fingerprint density at radius 2 is 1.79 bits per heavy atom. The number of likely N-dealkylation sites (N-methyl/N-ethyl adjacent to an activating group) is 1. The van der Waals surface area contributed by atoms with Gasteiger partial charge in [-0.3, -0.25) is 0 Å². The maximum Gasteiger partial charge on any atom is 0.319 e. The monoisotopic (exact) mass is 513 g/mol. The lowest BCUT2D eigenvalue weighted by atomic mass is 9.96. The molecular weight excluding hydrogens is 481 g/mol. The summed E-state index contributed by atoms with van der Waals surface area (Å²) in [5.41, 5.74) is 2.40. The van der Waals surface area contributed by atoms with Crippen molar-refractivity contribution in [2.24, 2.45) is 0 Å². The second-order valence-corrected chi connectivity index (χ2v) is 11.0. The number of likely N-dealkylation sites (tertiary alicyclic amines) is 1. The molecule has 3 atom stereocenters. The molecule has 3 aliphatic rings. The highest BCUT2D eigenvalue weighted by Crippen LogP contribution is 2.38. The third-order valence-corrected chi connectivity index (χ3v) is 8.52. The van der Waals surface area contributed by atoms with E-state index in [1.54, 1.807) is 12.1 Å². The van der Waals surface area contributed by atoms with E-state index in [-0.39, 0.29) is 5.75 Å². The van der Waals surface area contributed by atoms with Crippen molar-refractivity contribution in [1.29, 1.82) is 0 Å². The first-order chi connectivity index (χ1) is 18.5. The third kappa shape index (κ3) is 4.12. The van der Waals surface area contributed by atoms with Gasteiger partial charge in [-0.1, -0.05) is 30.3 Å². The number of phenolic OH excluding ortho intramolecular Hbond substituents is 1. The average molecular weight is 514 g/mol. The van der Waals surface area contributed by atoms with Crippen LogP contribution in [0, 0.1) is 5.82 Å². The highest BCUT2D eigenvalue weighted by Gasteiger charge is 2.34. The quantitative estimate of drug-likeness (QED) is 0.401. The minimum Gasteiger partial charge on any atom is -0.505 e. The lowest BCUT2D eigenvalue weighted by Gasteiger charge is -2.34. The minimum absolute atomic E-state index is 0.358. The largest absolute Gasteiger partial charge is 0.505 e. The highest BCUT2D eigenvalue weighted by molar-refractivity contribution is 6.01. The van der Waals surface area contributed by atoms with Crippen molar-refractivity contribution in [3.63, 3.8) is 0 Å². The van der Waals surface area contributed by atoms with Gasteiger partial charge in [-0.15, -0.1) is 0 Å². The molecule has 196 valence electrons. The smallest absolute Gasteiger partial charge is 0.319 e. The van der Waals surface area contributed by atoms with Gasteiger partial charge in [0.05, 0.1) is 5.52 Å². The van der Waals surface area contributed by atoms with Crippen LogP contribution in [0.4, 0.5) is 10.2 Å². The van der Waals surface area contributed by atoms with Gasteiger partial charge in [0, 0.05) is 42.0 Å². The number of rotatable bonds is 5. The second-order valence-electron chi connectivity index (χ2n) is 11.0. The summed E-state index contributed by atoms with van der Waals surface area (Å²) in [6.45, 7) is 3.46. The molecule has 0 saturated carbocycles. The van der Waals surface area contributed by atoms with Crippen molar-refractivity contribution in [3.8, 4) is 22.9 Å². The van der Waals surface area contributed by atoms with Crippen LogP contribution >= 0.6 is 0 Å². The average Bonchev–Trinajstić information content (AvgIpc) is 3.51. The van der Waals surface area contributed by atoms with E-state index in [0.29, 0.717) is 36.1 Å². The molecule has 8 heteroatoms. The molecule has 0 radical (unpaired) electrons. The van der Waals surface area contributed by atoms with Crippen LogP contribution in [0.3, 0.4) is 0 Å². The van der Waals surface area contributed by atoms with E-state index in [0.717, 1.165) is 59.3 Å². The van der Waals surface area contributed by atoms with Gasteiger partial charge in [0.1, 0.15) is 12.4 Å². The minimum atomic E-state index is -0.601. The SMILES string of the molecule is CN1CCC[C@H]1COc1nc(N2C[C@H]3CC[C@@H](C2)N3)c2ccc(-c3cc(O)c(F)c4ccccc34)cc2n1. The molecular formula is C30H32FN5O2. The number of benzene rings is 3. The van der Waals surface area contributed by atoms with Crippen LogP contribution in [0.1, 0.15) is 25.7 Å². The fourth-order valence-electron chi connectivity index (χ4n) is 6.46. The number of aromatic nitrogens is 2. The van der Waals surface area contributed by atoms with Gasteiger partial charge in [-0.05, 0) is 74.0 Å². The van der Waals surface area contributed by atoms with Crippen molar-refractivity contribution in [1.82, 2.24) is 20.2 Å². The van der Waals surface area contributed by atoms with E-state index in [1.807, 2.05) is 30.3 Å². The summed E-state index contributed by atoms with van der Waals surface area (Å²) in [4.78, 5) is 14.5. The maximum atomic E-state index is 14.7. The van der Waals surface area contributed by atoms with Gasteiger partial charge in [-0.25, -0.2) is 4.39 Å². The van der Waals surface area contributed by atoms with Gasteiger partial charge < -0.3 is 25.0 Å². The molecule has 3 fully saturated rings. The summed E-state index contributed by atoms with van der Waals surface area (Å²) in [5, 5.41) is 16.2. The highest BCUT2D eigenvalue weighted by atomic mass is 19.1. The number of aromatic hydroxyl groups is 1. The van der Waals surface area contributed by atoms with E-state index < -0.39 is 5.82 Å². The van der Waals surface area contributed by atoms with E-state index in [1.165, 1.54) is 25.3 Å². The molecule has 3 aliphatic heterocycles. The Morgan fingerprint density at radius 3 is 2.55 bits per heavy atom. The Labute approximate surface area is 221 Å². The summed E-state index contributed by atoms with van der Waals surface area (Å²) in [7, 11) is 2.14. The van der Waals surface area contributed by atoms with Crippen LogP contribution in [-0.2, 0) is 0 Å². The lowest BCUT2D eigenvalue weighted by Crippen LogP contribution is -2.51. The normalized spacial score (nSPS) is 23.5. The number of fused-ring (bicyclic) bond motifs is 4. The van der Waals surface area contributed by atoms with E-state index in [9.17, 15) is 9.50 Å². The van der Waals surface area contributed by atoms with E-state index in [2.05, 4.69) is 22.2 Å². The predicted octanol–water partition coefficient (Wildman–Crippen LogP) is 4.71. The first-order valence-electron chi connectivity index (χ1n) is 13.6. The standard InChI is InChI=1S/C30H32FN5O2/c1-35-12-4-5-21(35)17-38-30-33-26-13-18(25-14-27(37)28(31)23-7-3-2-6-22(23)25)8-11-24(26)29(34-30)36-15-19-9-10-20(16-36)32-19/h2-3,6-8,11,13-14,19-21,32,37H,4-5,9-10,12,15-17H2,1H3/t19-,20+,21-/m0/s1. The number of phenols is 1. The van der Waals surface area contributed by atoms with E-state index in [4.69, 9.17) is 14.7 Å². The number of hydrogen-bond donors (Lipinski definition) is 2. The van der Waals surface area contributed by atoms with Crippen LogP contribution in [0.2, 0.25) is 0 Å². The molecule has 2 bridgehead atoms. The van der Waals surface area contributed by atoms with Crippen LogP contribution in [0.5, 0.6) is 11.8 Å². The molecule has 2 N–H and O–H groups in total. The zero-order chi connectivity index (χ0) is 25.8. The summed E-state index contributed by atoms with van der Waals surface area (Å²) in [6.07, 6.45) is 4.67. The number of hydrogen-bond acceptors (Lipinski definition) is 7. The molecule has 4 heterocycles. The van der Waals surface area contributed by atoms with Gasteiger partial charge >= 0.3 is 6.01 Å². The topological polar surface area (TPSA) is 73.8 Å². The molecule has 7 rings (SSSR count). The summed E-state index contributed by atoms with van der Waals surface area (Å²) in [6, 6.07) is 16.5. The zero-order valence-electron chi connectivity index (χ0n) is 21.5. The van der Waals surface area contributed by atoms with Crippen LogP contribution in [0.15, 0.2) is 48.5 Å². The van der Waals surface area contributed by atoms with Gasteiger partial charge in [-0.2, -0.15) is 9.97 Å². The number of halogens is 1. The Bertz CT molecular complexity index is 1520. The Kier molecular flexibility index (Phi) is 5.82. The first-order valence-corrected chi connectivity index (χ1v) is 13.6. The number of ether oxygens (including phenoxy) is 1. The Morgan fingerprint density at radius 1 is 1.00 bits per heavy atom. The molecule has 0 amide bonds. The zero-order valence-corrected chi connectivity index (χ0v) is 21.5. The molecule has 7 nitrogen and oxygen atoms in total. The maximum absolute atomic E-state index is 14.7. The lowest BCUT2D eigenvalue weighted by molar-refractivity contribution is 0.188. The van der Waals surface area contributed by atoms with Gasteiger partial charge in [0.15, 0.2) is 11.6 Å². The molecule has 3 aromatic carbocycles. The van der Waals surface area contributed by atoms with Crippen molar-refractivity contribution in [2.75, 3.05) is 38.2 Å². The van der Waals surface area contributed by atoms with Crippen LogP contribution in [0.25, 0.3) is 32.8 Å². The number of nitrogens with one attached hydrogen (secondary N) is 1. The van der Waals surface area contributed by atoms with Crippen LogP contribution in [-0.4, -0.2) is 71.4 Å². The number of piperazine rings is 1. The molecule has 0 spiro atoms. The van der Waals surface area contributed by atoms with Crippen molar-refractivity contribution < 1.29 is 14.2 Å². The van der Waals surface area contributed by atoms with Crippen molar-refractivity contribution in [3.05, 3.63) is 54.3 Å². The first kappa shape index (κ1) is 23.6. The molecule has 4 aromatic rings. The molecule has 0 aliphatic carbocycles. The predicted molar refractivity (Wildman–Crippen MR) is 147 cm³/mol. The van der Waals surface area contributed by atoms with Crippen molar-refractivity contribution in [2.45, 2.75) is 43.8 Å². The number of anilines is 1. The fraction of sp³-hybridized carbons (Fsp3) is 0.400. The van der Waals surface area contributed by atoms with E-state index >= 15 is 0 Å². The van der Waals surface area contributed by atoms with Crippen molar-refractivity contribution >= 4 is 27.5 Å². The molecule has 38 heavy (non-hydrogen) atoms. The fourth-order valence-corrected chi connectivity index (χ4v) is 6.46. The Balaban J connectivity index is 1.33. The molecule has 0 unspecified atom stereocenters. The summed E-state index contributed by atoms with van der Waals surface area (Å²) < 4.78 is 20.9. The number of nitrogens with zero attached hydrogens (tertiary/aromatic N) is 4. The second kappa shape index (κ2) is 9.36. The summed E-state index contributed by atoms with van der Waals surface area (Å²) in [5.74, 6) is -0.0552. The van der Waals surface area contributed by atoms with Crippen LogP contribution < -0.4 is 15.0 Å². The summed E-state index contributed by atoms with van der Waals surface area (Å²) >= 11 is 0. The van der Waals surface area contributed by atoms with Gasteiger partial charge in [0.2, 0.25) is 0 Å². The van der Waals surface area contributed by atoms with Gasteiger partial charge in [0.25, 0.3) is 0 Å². The molecule has 3 saturated heterocycles. The molecule has 1 aromatic heterocycles.